The van der Waals surface area contributed by atoms with Crippen molar-refractivity contribution in [1.29, 1.82) is 0 Å². The van der Waals surface area contributed by atoms with Gasteiger partial charge in [-0.2, -0.15) is 31.8 Å². The van der Waals surface area contributed by atoms with Crippen LogP contribution < -0.4 is 37.3 Å². The molecule has 5 fully saturated rings. The van der Waals surface area contributed by atoms with E-state index in [4.69, 9.17) is 66.8 Å². The number of hydrogen-bond acceptors (Lipinski definition) is 15. The summed E-state index contributed by atoms with van der Waals surface area (Å²) in [5, 5.41) is 19.4. The molecule has 4 unspecified atom stereocenters. The Morgan fingerprint density at radius 1 is 0.500 bits per heavy atom. The fourth-order valence-electron chi connectivity index (χ4n) is 17.7. The number of benzene rings is 6. The van der Waals surface area contributed by atoms with E-state index in [2.05, 4.69) is 315 Å². The summed E-state index contributed by atoms with van der Waals surface area (Å²) < 4.78 is 119. The second-order valence-corrected chi connectivity index (χ2v) is 57.1. The topological polar surface area (TPSA) is 188 Å². The molecule has 3 aliphatic heterocycles. The fourth-order valence-corrected chi connectivity index (χ4v) is 24.3. The molecule has 6 aromatic heterocycles. The third-order valence-electron chi connectivity index (χ3n) is 24.5. The van der Waals surface area contributed by atoms with Gasteiger partial charge in [0.2, 0.25) is 0 Å². The molecule has 2 saturated carbocycles. The second-order valence-electron chi connectivity index (χ2n) is 37.6. The molecule has 0 amide bonds. The number of aromatic nitrogens is 8. The van der Waals surface area contributed by atoms with Gasteiger partial charge in [-0.05, 0) is 160 Å². The van der Waals surface area contributed by atoms with Gasteiger partial charge in [0.25, 0.3) is 0 Å². The summed E-state index contributed by atoms with van der Waals surface area (Å²) in [4.78, 5) is 9.78. The van der Waals surface area contributed by atoms with Crippen LogP contribution in [0.3, 0.4) is 0 Å². The zero-order chi connectivity index (χ0) is 92.1. The molecule has 3 saturated heterocycles. The number of allylic oxidation sites excluding steroid dienone is 4. The average molecular weight is 2020 g/mol. The standard InChI is InChI=1S/C28H38N4O3Si.C23H35BN4O3Si.2C18H15P.C12H15F3O5S.2CH4.2ClH.Pd/c1-31-17-24(16-30-31)26-18-32(19-33-7-8-36(2,3)4)27-25(26)12-23(15-29-27)22-10-20-9-21(11-22)14-28(13-20)34-5-6-35-28;1-22(2)23(3,4)31-24(30-22)18-11-19-20(17-12-26-27(5)14-17)15-28(21(19)25-13-18)16-29-9-10-32(6,7)8;2*1-4-10-16(11-5-1)19(17-12-6-2-7-13-17)18-14-8-3-9-15-18;13-12(14,15)21(16,17)20-10-4-8-3-9(5-10)7-11(6-8)18-1-2-19-11;;;;;/h10,12,15-18,20-21H,5-9,11,13-14,19H2,1-4H3;11-15H,9-10,16H2,1-8H3;2*1-15H;4,8-9H,1-3,5-7H2;2*1H4;2*1H;/q;;;;;;;;;+2/p-2. The van der Waals surface area contributed by atoms with Gasteiger partial charge in [0.05, 0.1) is 50.0 Å². The van der Waals surface area contributed by atoms with E-state index in [0.717, 1.165) is 114 Å². The summed E-state index contributed by atoms with van der Waals surface area (Å²) in [7, 11) is 4.33. The van der Waals surface area contributed by atoms with Gasteiger partial charge in [0.1, 0.15) is 30.5 Å². The van der Waals surface area contributed by atoms with Crippen LogP contribution in [0.25, 0.3) is 49.9 Å². The Morgan fingerprint density at radius 3 is 1.20 bits per heavy atom. The summed E-state index contributed by atoms with van der Waals surface area (Å²) in [6.07, 6.45) is 26.3. The Hall–Kier alpha value is -7.58. The molecule has 708 valence electrons. The van der Waals surface area contributed by atoms with Crippen LogP contribution in [0.5, 0.6) is 0 Å². The van der Waals surface area contributed by atoms with Crippen LogP contribution >= 0.6 is 34.9 Å². The number of nitrogens with zero attached hydrogens (tertiary/aromatic N) is 8. The Balaban J connectivity index is 0.000000151. The van der Waals surface area contributed by atoms with Gasteiger partial charge in [0.15, 0.2) is 11.6 Å². The quantitative estimate of drug-likeness (QED) is 0.0205. The predicted octanol–water partition coefficient (Wildman–Crippen LogP) is 21.6. The zero-order valence-corrected chi connectivity index (χ0v) is 83.6. The third-order valence-corrected chi connectivity index (χ3v) is 33.8. The smallest absolute Gasteiger partial charge is 0.0134 e. The van der Waals surface area contributed by atoms with Gasteiger partial charge in [-0.1, -0.05) is 242 Å². The Bertz CT molecular complexity index is 5550. The van der Waals surface area contributed by atoms with E-state index < -0.39 is 71.7 Å². The second kappa shape index (κ2) is 45.6. The maximum Gasteiger partial charge on any atom is -0.0134 e. The van der Waals surface area contributed by atoms with E-state index in [9.17, 15) is 21.6 Å². The fraction of sp³-hybridized carbons (Fsp3) is 0.406. The number of alkyl halides is 3. The number of fused-ring (bicyclic) bond motifs is 6. The van der Waals surface area contributed by atoms with Crippen molar-refractivity contribution in [2.45, 2.75) is 187 Å². The molecule has 7 aliphatic rings. The van der Waals surface area contributed by atoms with Gasteiger partial charge in [0, 0.05) is 151 Å². The van der Waals surface area contributed by atoms with Crippen LogP contribution in [0, 0.1) is 23.7 Å². The van der Waals surface area contributed by atoms with Crippen molar-refractivity contribution in [3.05, 3.63) is 267 Å². The number of aryl methyl sites for hydroxylation is 2. The maximum absolute atomic E-state index is 12.3. The molecule has 0 radical (unpaired) electrons. The van der Waals surface area contributed by atoms with Gasteiger partial charge >= 0.3 is 57.7 Å². The Morgan fingerprint density at radius 2 is 0.856 bits per heavy atom. The molecule has 19 rings (SSSR count). The van der Waals surface area contributed by atoms with Crippen molar-refractivity contribution < 1.29 is 79.4 Å². The SMILES string of the molecule is C.C.Cn1cc(-c2cn(COCC[Si](C)(C)C)c3ncc(B4OC(C)(C)C(C)(C)O4)cc23)cn1.Cn1cc(-c2cn(COCC[Si](C)(C)C)c3ncc(C4=CC5CC(C4)CC4(C5)OCCO4)cc23)cn1.O=S(=O)(OC1=CC2CC(C1)CC1(C2)OCCO1)C(F)(F)F.[Cl][Pd][Cl].c1ccc(P(c2ccccc2)c2ccccc2)cc1.c1ccc(P(c2ccccc2)c2ccccc2)cc1. The monoisotopic (exact) mass is 2020 g/mol. The van der Waals surface area contributed by atoms with Gasteiger partial charge in [-0.15, -0.1) is 0 Å². The van der Waals surface area contributed by atoms with Crippen LogP contribution in [0.2, 0.25) is 51.4 Å². The van der Waals surface area contributed by atoms with Crippen LogP contribution in [0.4, 0.5) is 13.2 Å². The first-order valence-corrected chi connectivity index (χ1v) is 59.8. The zero-order valence-electron chi connectivity index (χ0n) is 75.9. The molecule has 6 aromatic carbocycles. The van der Waals surface area contributed by atoms with Gasteiger partial charge in [-0.3, -0.25) is 9.36 Å². The number of ether oxygens (including phenoxy) is 6. The van der Waals surface area contributed by atoms with Crippen molar-refractivity contribution >= 4 is 133 Å². The number of rotatable bonds is 22. The summed E-state index contributed by atoms with van der Waals surface area (Å²) >= 11 is -0.106. The number of hydrogen-bond donors (Lipinski definition) is 0. The van der Waals surface area contributed by atoms with Crippen LogP contribution in [0.1, 0.15) is 99.5 Å². The predicted molar refractivity (Wildman–Crippen MR) is 536 cm³/mol. The molecule has 2 spiro atoms. The van der Waals surface area contributed by atoms with Crippen molar-refractivity contribution in [2.75, 3.05) is 39.6 Å². The number of halogens is 5. The van der Waals surface area contributed by atoms with Gasteiger partial charge < -0.3 is 51.0 Å². The molecule has 19 nitrogen and oxygen atoms in total. The van der Waals surface area contributed by atoms with Crippen molar-refractivity contribution in [3.63, 3.8) is 0 Å². The Kier molecular flexibility index (Phi) is 35.7. The summed E-state index contributed by atoms with van der Waals surface area (Å²) in [5.41, 5.74) is 3.60. The summed E-state index contributed by atoms with van der Waals surface area (Å²) in [6.45, 7) is 27.5. The van der Waals surface area contributed by atoms with Crippen LogP contribution in [-0.4, -0.2) is 138 Å². The van der Waals surface area contributed by atoms with Crippen molar-refractivity contribution in [1.82, 2.24) is 38.7 Å². The first-order chi connectivity index (χ1) is 62.1. The molecule has 4 bridgehead atoms. The van der Waals surface area contributed by atoms with E-state index >= 15 is 0 Å². The minimum Gasteiger partial charge on any atom is -0.0622 e. The Labute approximate surface area is 799 Å². The molecule has 0 N–H and O–H groups in total. The molecule has 4 aliphatic carbocycles. The van der Waals surface area contributed by atoms with E-state index in [1.807, 2.05) is 48.2 Å². The molecule has 4 atom stereocenters. The molecular formula is C101H126BCl2F3N8O11P2PdSSi2. The molecular weight excluding hydrogens is 1900 g/mol. The normalized spacial score (nSPS) is 19.1. The first kappa shape index (κ1) is 103. The largest absolute Gasteiger partial charge is 0.0622 e. The van der Waals surface area contributed by atoms with Crippen LogP contribution in [0.15, 0.2) is 262 Å². The van der Waals surface area contributed by atoms with Crippen LogP contribution in [-0.2, 0) is 95.5 Å². The summed E-state index contributed by atoms with van der Waals surface area (Å²) in [6, 6.07) is 71.4. The maximum atomic E-state index is 12.3. The van der Waals surface area contributed by atoms with Crippen molar-refractivity contribution in [2.24, 2.45) is 37.8 Å². The van der Waals surface area contributed by atoms with E-state index in [1.165, 1.54) is 55.5 Å². The first-order valence-electron chi connectivity index (χ1n) is 44.3. The minimum atomic E-state index is -5.59. The molecule has 31 heteroatoms. The minimum absolute atomic E-state index is 0. The average Bonchev–Trinajstić information content (AvgIpc) is 1.60. The van der Waals surface area contributed by atoms with Crippen molar-refractivity contribution in [3.8, 4) is 22.3 Å². The molecule has 12 aromatic rings. The van der Waals surface area contributed by atoms with E-state index in [-0.39, 0.29) is 60.6 Å². The third kappa shape index (κ3) is 26.8. The van der Waals surface area contributed by atoms with E-state index in [1.54, 1.807) is 0 Å². The van der Waals surface area contributed by atoms with Gasteiger partial charge in [-0.25, -0.2) is 9.97 Å². The summed E-state index contributed by atoms with van der Waals surface area (Å²) in [5.74, 6) is -0.0971. The molecule has 132 heavy (non-hydrogen) atoms. The number of pyridine rings is 2. The molecule has 9 heterocycles. The van der Waals surface area contributed by atoms with E-state index in [0.29, 0.717) is 51.4 Å².